The molecule has 2 aromatic carbocycles. The topological polar surface area (TPSA) is 41.6 Å². The predicted molar refractivity (Wildman–Crippen MR) is 90.7 cm³/mol. The normalized spacial score (nSPS) is 10.1. The molecule has 4 nitrogen and oxygen atoms in total. The first kappa shape index (κ1) is 15.9. The highest BCUT2D eigenvalue weighted by molar-refractivity contribution is 5.90. The van der Waals surface area contributed by atoms with Crippen LogP contribution in [0.15, 0.2) is 48.5 Å². The van der Waals surface area contributed by atoms with Crippen molar-refractivity contribution in [2.75, 3.05) is 30.9 Å². The van der Waals surface area contributed by atoms with Gasteiger partial charge < -0.3 is 15.0 Å². The summed E-state index contributed by atoms with van der Waals surface area (Å²) in [6.45, 7) is 2.38. The number of rotatable bonds is 6. The lowest BCUT2D eigenvalue weighted by atomic mass is 10.2. The molecule has 0 atom stereocenters. The number of carbonyl (C=O) groups is 1. The van der Waals surface area contributed by atoms with Crippen LogP contribution >= 0.6 is 0 Å². The molecule has 0 radical (unpaired) electrons. The molecule has 0 spiro atoms. The van der Waals surface area contributed by atoms with Gasteiger partial charge in [0, 0.05) is 25.5 Å². The Morgan fingerprint density at radius 1 is 1.14 bits per heavy atom. The second-order valence-corrected chi connectivity index (χ2v) is 5.40. The lowest BCUT2D eigenvalue weighted by molar-refractivity contribution is -0.116. The molecule has 0 saturated carbocycles. The predicted octanol–water partition coefficient (Wildman–Crippen LogP) is 3.47. The van der Waals surface area contributed by atoms with Gasteiger partial charge in [-0.1, -0.05) is 12.1 Å². The van der Waals surface area contributed by atoms with Gasteiger partial charge in [0.2, 0.25) is 5.91 Å². The fourth-order valence-corrected chi connectivity index (χ4v) is 2.03. The van der Waals surface area contributed by atoms with Gasteiger partial charge in [-0.15, -0.1) is 0 Å². The number of benzene rings is 2. The Labute approximate surface area is 131 Å². The Bertz CT molecular complexity index is 621. The lowest BCUT2D eigenvalue weighted by Gasteiger charge is -2.13. The zero-order valence-corrected chi connectivity index (χ0v) is 13.3. The fourth-order valence-electron chi connectivity index (χ4n) is 2.03. The molecule has 2 aromatic rings. The molecule has 4 heteroatoms. The van der Waals surface area contributed by atoms with E-state index in [2.05, 4.69) is 5.32 Å². The highest BCUT2D eigenvalue weighted by Crippen LogP contribution is 2.16. The van der Waals surface area contributed by atoms with E-state index in [-0.39, 0.29) is 5.91 Å². The Hall–Kier alpha value is -2.49. The third-order valence-corrected chi connectivity index (χ3v) is 3.25. The number of hydrogen-bond donors (Lipinski definition) is 1. The zero-order valence-electron chi connectivity index (χ0n) is 13.3. The van der Waals surface area contributed by atoms with Crippen LogP contribution in [-0.4, -0.2) is 26.6 Å². The van der Waals surface area contributed by atoms with E-state index < -0.39 is 0 Å². The highest BCUT2D eigenvalue weighted by atomic mass is 16.5. The van der Waals surface area contributed by atoms with Crippen molar-refractivity contribution in [2.24, 2.45) is 0 Å². The van der Waals surface area contributed by atoms with E-state index in [9.17, 15) is 4.79 Å². The van der Waals surface area contributed by atoms with Gasteiger partial charge in [0.15, 0.2) is 0 Å². The van der Waals surface area contributed by atoms with Crippen LogP contribution < -0.4 is 15.0 Å². The minimum atomic E-state index is -0.0507. The molecule has 0 aliphatic rings. The molecule has 116 valence electrons. The van der Waals surface area contributed by atoms with Crippen LogP contribution in [0.5, 0.6) is 5.75 Å². The maximum Gasteiger partial charge on any atom is 0.227 e. The molecule has 1 amide bonds. The van der Waals surface area contributed by atoms with Crippen molar-refractivity contribution in [3.63, 3.8) is 0 Å². The van der Waals surface area contributed by atoms with E-state index in [0.29, 0.717) is 13.0 Å². The lowest BCUT2D eigenvalue weighted by Crippen LogP contribution is -2.15. The summed E-state index contributed by atoms with van der Waals surface area (Å²) in [6, 6.07) is 15.5. The van der Waals surface area contributed by atoms with E-state index in [0.717, 1.165) is 22.7 Å². The fraction of sp³-hybridized carbons (Fsp3) is 0.278. The molecular formula is C18H22N2O2. The highest BCUT2D eigenvalue weighted by Gasteiger charge is 2.04. The van der Waals surface area contributed by atoms with E-state index in [1.165, 1.54) is 0 Å². The van der Waals surface area contributed by atoms with Crippen LogP contribution in [0.4, 0.5) is 11.4 Å². The molecule has 1 N–H and O–H groups in total. The number of aryl methyl sites for hydroxylation is 1. The second kappa shape index (κ2) is 7.50. The smallest absolute Gasteiger partial charge is 0.227 e. The molecule has 0 bridgehead atoms. The first-order valence-electron chi connectivity index (χ1n) is 7.31. The van der Waals surface area contributed by atoms with Crippen molar-refractivity contribution in [2.45, 2.75) is 13.3 Å². The van der Waals surface area contributed by atoms with Crippen molar-refractivity contribution in [1.82, 2.24) is 0 Å². The summed E-state index contributed by atoms with van der Waals surface area (Å²) in [4.78, 5) is 13.9. The van der Waals surface area contributed by atoms with Gasteiger partial charge in [-0.05, 0) is 48.9 Å². The van der Waals surface area contributed by atoms with Crippen molar-refractivity contribution in [3.8, 4) is 5.75 Å². The van der Waals surface area contributed by atoms with Gasteiger partial charge in [-0.2, -0.15) is 0 Å². The van der Waals surface area contributed by atoms with E-state index in [1.807, 2.05) is 74.4 Å². The summed E-state index contributed by atoms with van der Waals surface area (Å²) in [5.41, 5.74) is 3.04. The van der Waals surface area contributed by atoms with Crippen molar-refractivity contribution >= 4 is 17.3 Å². The molecule has 0 fully saturated rings. The molecule has 0 aliphatic carbocycles. The maximum atomic E-state index is 11.9. The monoisotopic (exact) mass is 298 g/mol. The van der Waals surface area contributed by atoms with Crippen molar-refractivity contribution < 1.29 is 9.53 Å². The van der Waals surface area contributed by atoms with Crippen molar-refractivity contribution in [1.29, 1.82) is 0 Å². The van der Waals surface area contributed by atoms with Crippen LogP contribution in [0, 0.1) is 6.92 Å². The average Bonchev–Trinajstić information content (AvgIpc) is 2.48. The molecule has 0 unspecified atom stereocenters. The van der Waals surface area contributed by atoms with Gasteiger partial charge in [0.25, 0.3) is 0 Å². The third-order valence-electron chi connectivity index (χ3n) is 3.25. The number of amides is 1. The minimum absolute atomic E-state index is 0.0507. The number of nitrogens with one attached hydrogen (secondary N) is 1. The van der Waals surface area contributed by atoms with Gasteiger partial charge in [-0.25, -0.2) is 0 Å². The van der Waals surface area contributed by atoms with Crippen LogP contribution in [0.1, 0.15) is 12.0 Å². The van der Waals surface area contributed by atoms with E-state index in [4.69, 9.17) is 4.74 Å². The van der Waals surface area contributed by atoms with Gasteiger partial charge in [0.1, 0.15) is 5.75 Å². The summed E-state index contributed by atoms with van der Waals surface area (Å²) >= 11 is 0. The van der Waals surface area contributed by atoms with Crippen LogP contribution in [0.3, 0.4) is 0 Å². The second-order valence-electron chi connectivity index (χ2n) is 5.40. The quantitative estimate of drug-likeness (QED) is 0.888. The summed E-state index contributed by atoms with van der Waals surface area (Å²) in [6.07, 6.45) is 0.323. The summed E-state index contributed by atoms with van der Waals surface area (Å²) in [7, 11) is 3.96. The van der Waals surface area contributed by atoms with Gasteiger partial charge in [0.05, 0.1) is 13.0 Å². The summed E-state index contributed by atoms with van der Waals surface area (Å²) < 4.78 is 5.58. The standard InChI is InChI=1S/C18H22N2O2/c1-14-5-4-6-17(13-14)22-12-11-18(21)19-15-7-9-16(10-8-15)20(2)3/h4-10,13H,11-12H2,1-3H3,(H,19,21). The first-order valence-corrected chi connectivity index (χ1v) is 7.31. The van der Waals surface area contributed by atoms with E-state index >= 15 is 0 Å². The minimum Gasteiger partial charge on any atom is -0.493 e. The zero-order chi connectivity index (χ0) is 15.9. The Morgan fingerprint density at radius 3 is 2.50 bits per heavy atom. The van der Waals surface area contributed by atoms with Gasteiger partial charge in [-0.3, -0.25) is 4.79 Å². The number of ether oxygens (including phenoxy) is 1. The Balaban J connectivity index is 1.78. The first-order chi connectivity index (χ1) is 10.5. The number of hydrogen-bond acceptors (Lipinski definition) is 3. The molecule has 22 heavy (non-hydrogen) atoms. The summed E-state index contributed by atoms with van der Waals surface area (Å²) in [5.74, 6) is 0.744. The van der Waals surface area contributed by atoms with Gasteiger partial charge >= 0.3 is 0 Å². The largest absolute Gasteiger partial charge is 0.493 e. The van der Waals surface area contributed by atoms with Crippen LogP contribution in [0.2, 0.25) is 0 Å². The number of anilines is 2. The maximum absolute atomic E-state index is 11.9. The van der Waals surface area contributed by atoms with Crippen molar-refractivity contribution in [3.05, 3.63) is 54.1 Å². The Morgan fingerprint density at radius 2 is 1.86 bits per heavy atom. The molecule has 2 rings (SSSR count). The summed E-state index contributed by atoms with van der Waals surface area (Å²) in [5, 5.41) is 2.87. The average molecular weight is 298 g/mol. The molecule has 0 aromatic heterocycles. The van der Waals surface area contributed by atoms with Crippen LogP contribution in [0.25, 0.3) is 0 Å². The number of carbonyl (C=O) groups excluding carboxylic acids is 1. The van der Waals surface area contributed by atoms with E-state index in [1.54, 1.807) is 0 Å². The third kappa shape index (κ3) is 4.81. The van der Waals surface area contributed by atoms with Crippen LogP contribution in [-0.2, 0) is 4.79 Å². The molecular weight excluding hydrogens is 276 g/mol. The molecule has 0 saturated heterocycles. The molecule has 0 heterocycles. The SMILES string of the molecule is Cc1cccc(OCCC(=O)Nc2ccc(N(C)C)cc2)c1. The number of nitrogens with zero attached hydrogens (tertiary/aromatic N) is 1. The molecule has 0 aliphatic heterocycles. The Kier molecular flexibility index (Phi) is 5.42.